The quantitative estimate of drug-likeness (QED) is 0.325. The molecule has 0 radical (unpaired) electrons. The first-order valence-electron chi connectivity index (χ1n) is 9.74. The molecule has 0 aliphatic carbocycles. The summed E-state index contributed by atoms with van der Waals surface area (Å²) in [6, 6.07) is 13.8. The second-order valence-corrected chi connectivity index (χ2v) is 7.82. The van der Waals surface area contributed by atoms with Gasteiger partial charge in [0.25, 0.3) is 5.91 Å². The number of amides is 1. The molecule has 0 aliphatic heterocycles. The third kappa shape index (κ3) is 4.52. The lowest BCUT2D eigenvalue weighted by Crippen LogP contribution is -2.24. The highest BCUT2D eigenvalue weighted by atomic mass is 32.1. The van der Waals surface area contributed by atoms with Gasteiger partial charge in [0.15, 0.2) is 0 Å². The van der Waals surface area contributed by atoms with E-state index in [4.69, 9.17) is 19.3 Å². The number of thiophene rings is 1. The van der Waals surface area contributed by atoms with Crippen LogP contribution in [0.2, 0.25) is 0 Å². The Bertz CT molecular complexity index is 1200. The van der Waals surface area contributed by atoms with Gasteiger partial charge in [-0.1, -0.05) is 0 Å². The lowest BCUT2D eigenvalue weighted by Gasteiger charge is -2.08. The van der Waals surface area contributed by atoms with Crippen molar-refractivity contribution in [3.63, 3.8) is 0 Å². The zero-order valence-corrected chi connectivity index (χ0v) is 18.0. The number of hydrogen-bond acceptors (Lipinski definition) is 8. The Morgan fingerprint density at radius 1 is 1.00 bits per heavy atom. The second kappa shape index (κ2) is 9.44. The summed E-state index contributed by atoms with van der Waals surface area (Å²) >= 11 is 1.13. The molecule has 8 nitrogen and oxygen atoms in total. The van der Waals surface area contributed by atoms with Crippen molar-refractivity contribution in [2.24, 2.45) is 0 Å². The van der Waals surface area contributed by atoms with Crippen molar-refractivity contribution in [3.8, 4) is 5.75 Å². The molecule has 4 rings (SSSR count). The molecule has 0 saturated heterocycles. The fourth-order valence-corrected chi connectivity index (χ4v) is 4.16. The summed E-state index contributed by atoms with van der Waals surface area (Å²) in [7, 11) is 1.55. The van der Waals surface area contributed by atoms with Crippen LogP contribution in [0.1, 0.15) is 37.1 Å². The van der Waals surface area contributed by atoms with Gasteiger partial charge in [-0.15, -0.1) is 11.3 Å². The molecule has 1 amide bonds. The third-order valence-electron chi connectivity index (χ3n) is 4.74. The lowest BCUT2D eigenvalue weighted by atomic mass is 10.1. The molecular weight excluding hydrogens is 430 g/mol. The van der Waals surface area contributed by atoms with E-state index in [2.05, 4.69) is 10.6 Å². The summed E-state index contributed by atoms with van der Waals surface area (Å²) < 4.78 is 15.8. The highest BCUT2D eigenvalue weighted by Gasteiger charge is 2.26. The van der Waals surface area contributed by atoms with Crippen molar-refractivity contribution >= 4 is 33.7 Å². The van der Waals surface area contributed by atoms with E-state index >= 15 is 0 Å². The molecule has 0 bridgehead atoms. The number of ether oxygens (including phenoxy) is 1. The van der Waals surface area contributed by atoms with Crippen molar-refractivity contribution in [1.29, 1.82) is 0 Å². The van der Waals surface area contributed by atoms with Gasteiger partial charge in [-0.2, -0.15) is 0 Å². The normalized spacial score (nSPS) is 10.7. The summed E-state index contributed by atoms with van der Waals surface area (Å²) in [6.45, 7) is 0.530. The Morgan fingerprint density at radius 2 is 1.66 bits per heavy atom. The molecule has 164 valence electrons. The van der Waals surface area contributed by atoms with Crippen molar-refractivity contribution < 1.29 is 23.2 Å². The molecule has 0 atom stereocenters. The van der Waals surface area contributed by atoms with Crippen LogP contribution in [0.25, 0.3) is 0 Å². The van der Waals surface area contributed by atoms with E-state index in [0.717, 1.165) is 11.3 Å². The lowest BCUT2D eigenvalue weighted by molar-refractivity contribution is 0.0950. The molecular formula is C23H21N3O5S. The third-order valence-corrected chi connectivity index (χ3v) is 5.90. The summed E-state index contributed by atoms with van der Waals surface area (Å²) in [5.41, 5.74) is 7.09. The van der Waals surface area contributed by atoms with Gasteiger partial charge in [0, 0.05) is 5.56 Å². The number of furan rings is 2. The second-order valence-electron chi connectivity index (χ2n) is 6.80. The van der Waals surface area contributed by atoms with Gasteiger partial charge in [-0.05, 0) is 48.5 Å². The van der Waals surface area contributed by atoms with Crippen LogP contribution in [0.5, 0.6) is 5.75 Å². The SMILES string of the molecule is COc1ccc(C(=O)c2sc(NCc3ccco3)c(C(=O)NCc3ccco3)c2N)cc1. The first-order valence-corrected chi connectivity index (χ1v) is 10.6. The Kier molecular flexibility index (Phi) is 6.27. The minimum absolute atomic E-state index is 0.120. The van der Waals surface area contributed by atoms with Crippen molar-refractivity contribution in [2.45, 2.75) is 13.1 Å². The maximum absolute atomic E-state index is 13.1. The van der Waals surface area contributed by atoms with Crippen LogP contribution < -0.4 is 21.1 Å². The van der Waals surface area contributed by atoms with Crippen molar-refractivity contribution in [2.75, 3.05) is 18.2 Å². The minimum atomic E-state index is -0.411. The van der Waals surface area contributed by atoms with E-state index < -0.39 is 5.91 Å². The average molecular weight is 452 g/mol. The number of carbonyl (C=O) groups is 2. The number of ketones is 1. The molecule has 0 fully saturated rings. The van der Waals surface area contributed by atoms with Crippen LogP contribution in [0.4, 0.5) is 10.7 Å². The fraction of sp³-hybridized carbons (Fsp3) is 0.130. The van der Waals surface area contributed by atoms with Gasteiger partial charge in [-0.3, -0.25) is 9.59 Å². The maximum atomic E-state index is 13.1. The van der Waals surface area contributed by atoms with Crippen LogP contribution in [0, 0.1) is 0 Å². The number of nitrogen functional groups attached to an aromatic ring is 1. The molecule has 4 N–H and O–H groups in total. The van der Waals surface area contributed by atoms with E-state index in [1.54, 1.807) is 55.8 Å². The van der Waals surface area contributed by atoms with E-state index in [1.807, 2.05) is 6.07 Å². The molecule has 9 heteroatoms. The van der Waals surface area contributed by atoms with E-state index in [9.17, 15) is 9.59 Å². The summed E-state index contributed by atoms with van der Waals surface area (Å²) in [5.74, 6) is 1.24. The van der Waals surface area contributed by atoms with Crippen LogP contribution in [-0.4, -0.2) is 18.8 Å². The number of hydrogen-bond donors (Lipinski definition) is 3. The molecule has 3 aromatic heterocycles. The molecule has 0 saturated carbocycles. The van der Waals surface area contributed by atoms with E-state index in [0.29, 0.717) is 34.4 Å². The molecule has 0 spiro atoms. The van der Waals surface area contributed by atoms with Gasteiger partial charge in [0.05, 0.1) is 44.0 Å². The van der Waals surface area contributed by atoms with Gasteiger partial charge in [0.1, 0.15) is 27.1 Å². The minimum Gasteiger partial charge on any atom is -0.497 e. The number of carbonyl (C=O) groups excluding carboxylic acids is 2. The number of nitrogens with one attached hydrogen (secondary N) is 2. The first kappa shape index (κ1) is 21.3. The smallest absolute Gasteiger partial charge is 0.256 e. The van der Waals surface area contributed by atoms with Gasteiger partial charge in [0.2, 0.25) is 5.78 Å². The fourth-order valence-electron chi connectivity index (χ4n) is 3.09. The number of rotatable bonds is 9. The highest BCUT2D eigenvalue weighted by Crippen LogP contribution is 2.37. The number of anilines is 2. The van der Waals surface area contributed by atoms with Crippen LogP contribution in [-0.2, 0) is 13.1 Å². The number of methoxy groups -OCH3 is 1. The average Bonchev–Trinajstić information content (AvgIpc) is 3.57. The topological polar surface area (TPSA) is 120 Å². The molecule has 3 heterocycles. The zero-order chi connectivity index (χ0) is 22.5. The van der Waals surface area contributed by atoms with Crippen LogP contribution in [0.15, 0.2) is 69.9 Å². The Labute approximate surface area is 188 Å². The molecule has 32 heavy (non-hydrogen) atoms. The molecule has 4 aromatic rings. The Morgan fingerprint density at radius 3 is 2.25 bits per heavy atom. The standard InChI is InChI=1S/C23H21N3O5S/c1-29-15-8-6-14(7-9-15)20(27)21-19(24)18(22(28)25-12-16-4-2-10-30-16)23(32-21)26-13-17-5-3-11-31-17/h2-11,26H,12-13,24H2,1H3,(H,25,28). The predicted octanol–water partition coefficient (Wildman–Crippen LogP) is 4.30. The number of nitrogens with two attached hydrogens (primary N) is 1. The first-order chi connectivity index (χ1) is 15.6. The molecule has 1 aromatic carbocycles. The van der Waals surface area contributed by atoms with Crippen LogP contribution in [0.3, 0.4) is 0 Å². The summed E-state index contributed by atoms with van der Waals surface area (Å²) in [4.78, 5) is 26.4. The summed E-state index contributed by atoms with van der Waals surface area (Å²) in [6.07, 6.45) is 3.10. The summed E-state index contributed by atoms with van der Waals surface area (Å²) in [5, 5.41) is 6.43. The van der Waals surface area contributed by atoms with Crippen LogP contribution >= 0.6 is 11.3 Å². The van der Waals surface area contributed by atoms with Gasteiger partial charge >= 0.3 is 0 Å². The molecule has 0 aliphatic rings. The van der Waals surface area contributed by atoms with Crippen molar-refractivity contribution in [3.05, 3.63) is 88.6 Å². The van der Waals surface area contributed by atoms with E-state index in [1.165, 1.54) is 6.26 Å². The van der Waals surface area contributed by atoms with E-state index in [-0.39, 0.29) is 28.5 Å². The Balaban J connectivity index is 1.63. The molecule has 0 unspecified atom stereocenters. The highest BCUT2D eigenvalue weighted by molar-refractivity contribution is 7.19. The largest absolute Gasteiger partial charge is 0.497 e. The predicted molar refractivity (Wildman–Crippen MR) is 121 cm³/mol. The number of benzene rings is 1. The van der Waals surface area contributed by atoms with Gasteiger partial charge < -0.3 is 29.9 Å². The monoisotopic (exact) mass is 451 g/mol. The maximum Gasteiger partial charge on any atom is 0.256 e. The van der Waals surface area contributed by atoms with Gasteiger partial charge in [-0.25, -0.2) is 0 Å². The zero-order valence-electron chi connectivity index (χ0n) is 17.2. The Hall–Kier alpha value is -3.98. The van der Waals surface area contributed by atoms with Crippen molar-refractivity contribution in [1.82, 2.24) is 5.32 Å².